The molecule has 43 heavy (non-hydrogen) atoms. The number of rotatable bonds is 9. The van der Waals surface area contributed by atoms with Gasteiger partial charge in [0.1, 0.15) is 11.7 Å². The molecule has 2 bridgehead atoms. The fourth-order valence-corrected chi connectivity index (χ4v) is 8.96. The molecule has 5 atom stereocenters. The van der Waals surface area contributed by atoms with E-state index in [2.05, 4.69) is 31.4 Å². The number of hydrogen-bond acceptors (Lipinski definition) is 6. The molecule has 4 aliphatic rings. The van der Waals surface area contributed by atoms with E-state index in [1.807, 2.05) is 23.1 Å². The number of methoxy groups -OCH3 is 1. The Labute approximate surface area is 264 Å². The topological polar surface area (TPSA) is 68.3 Å². The molecule has 2 heterocycles. The zero-order valence-corrected chi connectivity index (χ0v) is 26.8. The van der Waals surface area contributed by atoms with Crippen LogP contribution in [0.2, 0.25) is 10.0 Å². The molecular formula is C34H40Cl2N2O5. The SMILES string of the molecule is C=CCN1CC[C@]23c4c5ccc(OC)c4OC2C(N(CC(C)C)C(=O)Cc2ccc(Cl)c(Cl)c2)CC[C@@]3(OC(C)=O)[C@H]1C5. The predicted octanol–water partition coefficient (Wildman–Crippen LogP) is 6.01. The molecule has 1 spiro atoms. The van der Waals surface area contributed by atoms with Crippen LogP contribution >= 0.6 is 23.2 Å². The molecule has 2 fully saturated rings. The Bertz CT molecular complexity index is 1460. The zero-order valence-electron chi connectivity index (χ0n) is 25.3. The Morgan fingerprint density at radius 3 is 2.67 bits per heavy atom. The van der Waals surface area contributed by atoms with Gasteiger partial charge in [-0.25, -0.2) is 0 Å². The molecule has 2 aliphatic heterocycles. The first-order valence-electron chi connectivity index (χ1n) is 15.2. The number of carbonyl (C=O) groups is 2. The van der Waals surface area contributed by atoms with Crippen molar-refractivity contribution in [2.24, 2.45) is 5.92 Å². The van der Waals surface area contributed by atoms with E-state index in [-0.39, 0.29) is 36.3 Å². The second-order valence-electron chi connectivity index (χ2n) is 12.8. The number of carbonyl (C=O) groups excluding carboxylic acids is 2. The van der Waals surface area contributed by atoms with Gasteiger partial charge in [-0.2, -0.15) is 0 Å². The molecule has 1 saturated carbocycles. The average Bonchev–Trinajstić information content (AvgIpc) is 3.30. The van der Waals surface area contributed by atoms with E-state index < -0.39 is 17.1 Å². The number of benzene rings is 2. The van der Waals surface area contributed by atoms with Crippen molar-refractivity contribution >= 4 is 35.1 Å². The third-order valence-electron chi connectivity index (χ3n) is 10.0. The van der Waals surface area contributed by atoms with Gasteiger partial charge in [-0.15, -0.1) is 6.58 Å². The lowest BCUT2D eigenvalue weighted by atomic mass is 9.48. The summed E-state index contributed by atoms with van der Waals surface area (Å²) in [5.74, 6) is 1.35. The number of piperidine rings is 1. The lowest BCUT2D eigenvalue weighted by Gasteiger charge is -2.65. The molecule has 1 amide bonds. The lowest BCUT2D eigenvalue weighted by molar-refractivity contribution is -0.223. The summed E-state index contributed by atoms with van der Waals surface area (Å²) in [7, 11) is 1.65. The van der Waals surface area contributed by atoms with Crippen LogP contribution in [0.4, 0.5) is 0 Å². The Morgan fingerprint density at radius 1 is 1.21 bits per heavy atom. The summed E-state index contributed by atoms with van der Waals surface area (Å²) in [6.45, 7) is 11.9. The highest BCUT2D eigenvalue weighted by molar-refractivity contribution is 6.42. The third-order valence-corrected chi connectivity index (χ3v) is 10.8. The Kier molecular flexibility index (Phi) is 7.97. The highest BCUT2D eigenvalue weighted by Crippen LogP contribution is 2.67. The van der Waals surface area contributed by atoms with Crippen molar-refractivity contribution < 1.29 is 23.8 Å². The summed E-state index contributed by atoms with van der Waals surface area (Å²) in [6, 6.07) is 9.20. The summed E-state index contributed by atoms with van der Waals surface area (Å²) in [4.78, 5) is 31.6. The number of halogens is 2. The van der Waals surface area contributed by atoms with E-state index in [9.17, 15) is 9.59 Å². The van der Waals surface area contributed by atoms with Crippen molar-refractivity contribution in [3.8, 4) is 11.5 Å². The van der Waals surface area contributed by atoms with E-state index in [0.717, 1.165) is 36.3 Å². The predicted molar refractivity (Wildman–Crippen MR) is 167 cm³/mol. The van der Waals surface area contributed by atoms with Crippen LogP contribution in [-0.2, 0) is 32.6 Å². The van der Waals surface area contributed by atoms with Crippen LogP contribution in [0, 0.1) is 5.92 Å². The fourth-order valence-electron chi connectivity index (χ4n) is 8.63. The van der Waals surface area contributed by atoms with Crippen molar-refractivity contribution in [1.82, 2.24) is 9.80 Å². The van der Waals surface area contributed by atoms with E-state index in [4.69, 9.17) is 37.4 Å². The highest BCUT2D eigenvalue weighted by Gasteiger charge is 2.75. The van der Waals surface area contributed by atoms with Gasteiger partial charge in [-0.3, -0.25) is 14.5 Å². The van der Waals surface area contributed by atoms with Crippen LogP contribution in [0.5, 0.6) is 11.5 Å². The van der Waals surface area contributed by atoms with Gasteiger partial charge in [0.25, 0.3) is 0 Å². The molecule has 7 nitrogen and oxygen atoms in total. The average molecular weight is 628 g/mol. The van der Waals surface area contributed by atoms with Gasteiger partial charge in [0, 0.05) is 32.1 Å². The van der Waals surface area contributed by atoms with E-state index in [0.29, 0.717) is 41.7 Å². The van der Waals surface area contributed by atoms with Gasteiger partial charge < -0.3 is 19.1 Å². The summed E-state index contributed by atoms with van der Waals surface area (Å²) >= 11 is 12.5. The van der Waals surface area contributed by atoms with Crippen LogP contribution < -0.4 is 9.47 Å². The van der Waals surface area contributed by atoms with Gasteiger partial charge in [-0.1, -0.05) is 55.3 Å². The molecule has 2 aromatic rings. The normalized spacial score (nSPS) is 28.6. The molecule has 2 aliphatic carbocycles. The molecule has 230 valence electrons. The van der Waals surface area contributed by atoms with Crippen molar-refractivity contribution in [2.45, 2.75) is 82.1 Å². The van der Waals surface area contributed by atoms with Crippen molar-refractivity contribution in [3.63, 3.8) is 0 Å². The quantitative estimate of drug-likeness (QED) is 0.251. The minimum Gasteiger partial charge on any atom is -0.493 e. The highest BCUT2D eigenvalue weighted by atomic mass is 35.5. The molecule has 0 N–H and O–H groups in total. The van der Waals surface area contributed by atoms with Gasteiger partial charge >= 0.3 is 5.97 Å². The van der Waals surface area contributed by atoms with E-state index in [1.165, 1.54) is 12.5 Å². The summed E-state index contributed by atoms with van der Waals surface area (Å²) in [6.07, 6.45) is 4.46. The maximum atomic E-state index is 14.2. The minimum atomic E-state index is -0.803. The van der Waals surface area contributed by atoms with E-state index >= 15 is 0 Å². The second-order valence-corrected chi connectivity index (χ2v) is 13.7. The number of esters is 1. The van der Waals surface area contributed by atoms with Gasteiger partial charge in [0.15, 0.2) is 11.5 Å². The Hall–Kier alpha value is -2.74. The maximum Gasteiger partial charge on any atom is 0.303 e. The first-order valence-corrected chi connectivity index (χ1v) is 16.0. The molecule has 0 radical (unpaired) electrons. The fraction of sp³-hybridized carbons (Fsp3) is 0.529. The van der Waals surface area contributed by atoms with Gasteiger partial charge in [0.05, 0.1) is 41.1 Å². The maximum absolute atomic E-state index is 14.2. The Balaban J connectivity index is 1.48. The molecule has 1 saturated heterocycles. The first kappa shape index (κ1) is 30.3. The van der Waals surface area contributed by atoms with Crippen molar-refractivity contribution in [1.29, 1.82) is 0 Å². The molecular weight excluding hydrogens is 587 g/mol. The van der Waals surface area contributed by atoms with Gasteiger partial charge in [-0.05, 0) is 60.9 Å². The first-order chi connectivity index (χ1) is 20.6. The Morgan fingerprint density at radius 2 is 2.00 bits per heavy atom. The van der Waals surface area contributed by atoms with Crippen molar-refractivity contribution in [3.05, 3.63) is 69.7 Å². The third kappa shape index (κ3) is 4.65. The number of hydrogen-bond donors (Lipinski definition) is 0. The number of nitrogens with zero attached hydrogens (tertiary/aromatic N) is 2. The number of ether oxygens (including phenoxy) is 3. The van der Waals surface area contributed by atoms with Gasteiger partial charge in [0.2, 0.25) is 5.91 Å². The van der Waals surface area contributed by atoms with E-state index in [1.54, 1.807) is 19.2 Å². The molecule has 2 aromatic carbocycles. The molecule has 0 aromatic heterocycles. The monoisotopic (exact) mass is 626 g/mol. The summed E-state index contributed by atoms with van der Waals surface area (Å²) in [5.41, 5.74) is 1.67. The molecule has 9 heteroatoms. The van der Waals surface area contributed by atoms with Crippen LogP contribution in [0.1, 0.15) is 56.7 Å². The van der Waals surface area contributed by atoms with Crippen LogP contribution in [0.15, 0.2) is 43.0 Å². The minimum absolute atomic E-state index is 0.0108. The zero-order chi connectivity index (χ0) is 30.7. The smallest absolute Gasteiger partial charge is 0.303 e. The van der Waals surface area contributed by atoms with Crippen LogP contribution in [-0.4, -0.2) is 72.2 Å². The lowest BCUT2D eigenvalue weighted by Crippen LogP contribution is -2.79. The van der Waals surface area contributed by atoms with Crippen LogP contribution in [0.25, 0.3) is 0 Å². The standard InChI is InChI=1S/C34H40Cl2N2O5/c1-6-14-37-15-13-33-30-23-8-10-27(41-5)31(30)42-32(33)26(11-12-34(33,28(37)18-23)43-21(4)39)38(19-20(2)3)29(40)17-22-7-9-24(35)25(36)16-22/h6-10,16,20,26,28,32H,1,11-15,17-19H2,2-5H3/t26?,28-,32?,33+,34-/m1/s1. The van der Waals surface area contributed by atoms with Crippen LogP contribution in [0.3, 0.4) is 0 Å². The molecule has 6 rings (SSSR count). The number of amides is 1. The molecule has 2 unspecified atom stereocenters. The summed E-state index contributed by atoms with van der Waals surface area (Å²) < 4.78 is 19.4. The summed E-state index contributed by atoms with van der Waals surface area (Å²) in [5, 5.41) is 0.889. The van der Waals surface area contributed by atoms with Crippen molar-refractivity contribution in [2.75, 3.05) is 26.7 Å². The largest absolute Gasteiger partial charge is 0.493 e. The number of likely N-dealkylation sites (tertiary alicyclic amines) is 1. The second kappa shape index (κ2) is 11.3.